The maximum atomic E-state index is 12.7. The normalized spacial score (nSPS) is 17.4. The van der Waals surface area contributed by atoms with Gasteiger partial charge in [-0.2, -0.15) is 0 Å². The highest BCUT2D eigenvalue weighted by atomic mass is 16.5. The summed E-state index contributed by atoms with van der Waals surface area (Å²) in [5.41, 5.74) is 1.05. The second-order valence-electron chi connectivity index (χ2n) is 11.6. The molecule has 0 aliphatic carbocycles. The largest absolute Gasteiger partial charge is 0.481 e. The summed E-state index contributed by atoms with van der Waals surface area (Å²) in [5, 5.41) is 33.8. The van der Waals surface area contributed by atoms with Crippen LogP contribution < -0.4 is 5.69 Å². The van der Waals surface area contributed by atoms with Crippen LogP contribution in [-0.4, -0.2) is 89.7 Å². The number of pyridine rings is 1. The van der Waals surface area contributed by atoms with Crippen LogP contribution >= 0.6 is 0 Å². The van der Waals surface area contributed by atoms with Crippen LogP contribution in [-0.2, 0) is 31.2 Å². The van der Waals surface area contributed by atoms with Gasteiger partial charge < -0.3 is 30.1 Å². The number of hydrogen-bond donors (Lipinski definition) is 5. The highest BCUT2D eigenvalue weighted by molar-refractivity contribution is 5.88. The van der Waals surface area contributed by atoms with Gasteiger partial charge in [-0.1, -0.05) is 18.2 Å². The molecule has 0 saturated carbocycles. The second-order valence-corrected chi connectivity index (χ2v) is 11.6. The number of H-pyrrole nitrogens is 1. The zero-order chi connectivity index (χ0) is 32.0. The van der Waals surface area contributed by atoms with Crippen molar-refractivity contribution in [3.63, 3.8) is 0 Å². The van der Waals surface area contributed by atoms with E-state index in [0.29, 0.717) is 19.8 Å². The van der Waals surface area contributed by atoms with E-state index in [0.717, 1.165) is 36.2 Å². The maximum absolute atomic E-state index is 12.7. The lowest BCUT2D eigenvalue weighted by Crippen LogP contribution is -2.44. The number of benzene rings is 1. The Morgan fingerprint density at radius 2 is 1.72 bits per heavy atom. The molecule has 0 amide bonds. The van der Waals surface area contributed by atoms with Gasteiger partial charge in [0.1, 0.15) is 0 Å². The highest BCUT2D eigenvalue weighted by Crippen LogP contribution is 2.40. The van der Waals surface area contributed by atoms with Crippen LogP contribution in [0.15, 0.2) is 47.4 Å². The number of carboxylic acids is 3. The van der Waals surface area contributed by atoms with Gasteiger partial charge in [0.15, 0.2) is 5.60 Å². The van der Waals surface area contributed by atoms with E-state index in [4.69, 9.17) is 25.2 Å². The van der Waals surface area contributed by atoms with Crippen molar-refractivity contribution in [2.24, 2.45) is 5.41 Å². The number of nitrogens with zero attached hydrogens (tertiary/aromatic N) is 3. The molecule has 3 aromatic rings. The van der Waals surface area contributed by atoms with Gasteiger partial charge in [0.25, 0.3) is 0 Å². The van der Waals surface area contributed by atoms with Crippen molar-refractivity contribution in [2.75, 3.05) is 26.3 Å². The minimum Gasteiger partial charge on any atom is -0.481 e. The van der Waals surface area contributed by atoms with Gasteiger partial charge in [-0.3, -0.25) is 24.0 Å². The number of nitrogens with one attached hydrogen (secondary N) is 1. The number of ether oxygens (including phenoxy) is 1. The summed E-state index contributed by atoms with van der Waals surface area (Å²) < 4.78 is 7.83. The monoisotopic (exact) mass is 600 g/mol. The lowest BCUT2D eigenvalue weighted by Gasteiger charge is -2.38. The van der Waals surface area contributed by atoms with Gasteiger partial charge in [-0.25, -0.2) is 9.59 Å². The number of aliphatic hydroxyl groups is 1. The zero-order valence-corrected chi connectivity index (χ0v) is 24.9. The van der Waals surface area contributed by atoms with Gasteiger partial charge in [-0.15, -0.1) is 0 Å². The fourth-order valence-corrected chi connectivity index (χ4v) is 5.35. The Morgan fingerprint density at radius 3 is 2.28 bits per heavy atom. The molecule has 0 radical (unpaired) electrons. The standard InChI is InChI=1S/C24H32N4O2.C6H8O7/c1-5-30-17-24(16-28-21-9-7-6-8-20(21)26-22(28)29)12-13-27(15-24)23(3,4)19-11-10-18(2)25-14-19;7-3(8)1-6(13,5(11)12)2-4(9)10/h6-11,14H,5,12-13,15-17H2,1-4H3,(H,26,29);13H,1-2H2,(H,7,8)(H,9,10)(H,11,12)/t24-;/m0./s1. The molecular formula is C30H40N4O9. The molecule has 1 aliphatic rings. The van der Waals surface area contributed by atoms with Crippen molar-refractivity contribution in [3.8, 4) is 0 Å². The van der Waals surface area contributed by atoms with Crippen LogP contribution in [0, 0.1) is 12.3 Å². The average molecular weight is 601 g/mol. The maximum Gasteiger partial charge on any atom is 0.336 e. The summed E-state index contributed by atoms with van der Waals surface area (Å²) in [6.07, 6.45) is 0.687. The van der Waals surface area contributed by atoms with E-state index in [1.807, 2.05) is 48.9 Å². The molecule has 13 heteroatoms. The Bertz CT molecular complexity index is 1480. The van der Waals surface area contributed by atoms with E-state index in [9.17, 15) is 19.2 Å². The highest BCUT2D eigenvalue weighted by Gasteiger charge is 2.45. The molecule has 4 rings (SSSR count). The fourth-order valence-electron chi connectivity index (χ4n) is 5.35. The first-order valence-corrected chi connectivity index (χ1v) is 14.0. The first-order valence-electron chi connectivity index (χ1n) is 14.0. The summed E-state index contributed by atoms with van der Waals surface area (Å²) in [6.45, 7) is 12.4. The number of aromatic amines is 1. The van der Waals surface area contributed by atoms with E-state index in [-0.39, 0.29) is 16.6 Å². The minimum atomic E-state index is -2.74. The predicted octanol–water partition coefficient (Wildman–Crippen LogP) is 2.45. The first-order chi connectivity index (χ1) is 20.1. The van der Waals surface area contributed by atoms with E-state index in [1.54, 1.807) is 0 Å². The summed E-state index contributed by atoms with van der Waals surface area (Å²) >= 11 is 0. The predicted molar refractivity (Wildman–Crippen MR) is 157 cm³/mol. The molecule has 0 bridgehead atoms. The molecule has 13 nitrogen and oxygen atoms in total. The summed E-state index contributed by atoms with van der Waals surface area (Å²) in [7, 11) is 0. The third-order valence-corrected chi connectivity index (χ3v) is 7.92. The molecule has 5 N–H and O–H groups in total. The summed E-state index contributed by atoms with van der Waals surface area (Å²) in [6, 6.07) is 12.2. The van der Waals surface area contributed by atoms with Crippen molar-refractivity contribution in [1.29, 1.82) is 0 Å². The van der Waals surface area contributed by atoms with Crippen molar-refractivity contribution >= 4 is 28.9 Å². The molecule has 1 fully saturated rings. The van der Waals surface area contributed by atoms with Gasteiger partial charge in [0.2, 0.25) is 0 Å². The molecular weight excluding hydrogens is 560 g/mol. The number of hydrogen-bond acceptors (Lipinski definition) is 8. The van der Waals surface area contributed by atoms with E-state index in [2.05, 4.69) is 40.8 Å². The number of likely N-dealkylation sites (tertiary alicyclic amines) is 1. The Kier molecular flexibility index (Phi) is 10.5. The van der Waals surface area contributed by atoms with Gasteiger partial charge >= 0.3 is 23.6 Å². The average Bonchev–Trinajstić information content (AvgIpc) is 3.49. The Balaban J connectivity index is 0.000000331. The van der Waals surface area contributed by atoms with E-state index < -0.39 is 36.4 Å². The van der Waals surface area contributed by atoms with Crippen LogP contribution in [0.4, 0.5) is 0 Å². The van der Waals surface area contributed by atoms with Crippen LogP contribution in [0.1, 0.15) is 51.3 Å². The van der Waals surface area contributed by atoms with Crippen molar-refractivity contribution in [2.45, 2.75) is 64.6 Å². The van der Waals surface area contributed by atoms with Crippen molar-refractivity contribution < 1.29 is 39.5 Å². The molecule has 1 saturated heterocycles. The van der Waals surface area contributed by atoms with Crippen LogP contribution in [0.2, 0.25) is 0 Å². The Hall–Kier alpha value is -4.07. The van der Waals surface area contributed by atoms with Crippen LogP contribution in [0.25, 0.3) is 11.0 Å². The molecule has 1 aromatic carbocycles. The lowest BCUT2D eigenvalue weighted by atomic mass is 9.87. The van der Waals surface area contributed by atoms with Gasteiger partial charge in [0.05, 0.1) is 30.5 Å². The zero-order valence-electron chi connectivity index (χ0n) is 24.9. The number of carboxylic acid groups (broad SMARTS) is 3. The third-order valence-electron chi connectivity index (χ3n) is 7.92. The lowest BCUT2D eigenvalue weighted by molar-refractivity contribution is -0.170. The number of aryl methyl sites for hydroxylation is 1. The smallest absolute Gasteiger partial charge is 0.336 e. The molecule has 43 heavy (non-hydrogen) atoms. The van der Waals surface area contributed by atoms with E-state index >= 15 is 0 Å². The van der Waals surface area contributed by atoms with Crippen LogP contribution in [0.3, 0.4) is 0 Å². The Morgan fingerprint density at radius 1 is 1.07 bits per heavy atom. The quantitative estimate of drug-likeness (QED) is 0.205. The number of aliphatic carboxylic acids is 3. The van der Waals surface area contributed by atoms with Gasteiger partial charge in [-0.05, 0) is 64.4 Å². The fraction of sp³-hybridized carbons (Fsp3) is 0.500. The number of fused-ring (bicyclic) bond motifs is 1. The molecule has 234 valence electrons. The number of imidazole rings is 1. The SMILES string of the molecule is CCOC[C@@]1(Cn2c(=O)[nH]c3ccccc32)CCN(C(C)(C)c2ccc(C)nc2)C1.O=C(O)CC(O)(CC(=O)O)C(=O)O. The first kappa shape index (κ1) is 33.4. The van der Waals surface area contributed by atoms with Crippen LogP contribution in [0.5, 0.6) is 0 Å². The molecule has 3 heterocycles. The molecule has 1 atom stereocenters. The second kappa shape index (κ2) is 13.5. The molecule has 0 spiro atoms. The number of carbonyl (C=O) groups is 3. The van der Waals surface area contributed by atoms with Crippen molar-refractivity contribution in [1.82, 2.24) is 19.4 Å². The number of para-hydroxylation sites is 2. The number of aromatic nitrogens is 3. The summed E-state index contributed by atoms with van der Waals surface area (Å²) in [4.78, 5) is 53.2. The molecule has 1 aliphatic heterocycles. The van der Waals surface area contributed by atoms with Gasteiger partial charge in [0, 0.05) is 42.5 Å². The minimum absolute atomic E-state index is 0.0486. The van der Waals surface area contributed by atoms with Crippen molar-refractivity contribution in [3.05, 3.63) is 64.3 Å². The van der Waals surface area contributed by atoms with E-state index in [1.165, 1.54) is 5.56 Å². The third kappa shape index (κ3) is 8.06. The molecule has 0 unspecified atom stereocenters. The number of rotatable bonds is 12. The topological polar surface area (TPSA) is 195 Å². The Labute approximate surface area is 248 Å². The summed E-state index contributed by atoms with van der Waals surface area (Å²) in [5.74, 6) is -5.02. The molecule has 2 aromatic heterocycles.